The highest BCUT2D eigenvalue weighted by Crippen LogP contribution is 2.36. The molecule has 0 fully saturated rings. The van der Waals surface area contributed by atoms with Gasteiger partial charge in [0.2, 0.25) is 0 Å². The van der Waals surface area contributed by atoms with Gasteiger partial charge in [-0.25, -0.2) is 0 Å². The van der Waals surface area contributed by atoms with Crippen LogP contribution in [0.4, 0.5) is 0 Å². The van der Waals surface area contributed by atoms with Crippen molar-refractivity contribution in [1.82, 2.24) is 4.57 Å². The number of nitrogens with zero attached hydrogens (tertiary/aromatic N) is 1. The van der Waals surface area contributed by atoms with E-state index in [0.29, 0.717) is 6.42 Å². The Hall–Kier alpha value is -1.35. The van der Waals surface area contributed by atoms with Gasteiger partial charge in [-0.05, 0) is 48.6 Å². The molecule has 0 atom stereocenters. The fourth-order valence-corrected chi connectivity index (χ4v) is 3.54. The minimum atomic E-state index is 0.0451. The second-order valence-electron chi connectivity index (χ2n) is 6.42. The lowest BCUT2D eigenvalue weighted by atomic mass is 9.76. The van der Waals surface area contributed by atoms with Crippen LogP contribution < -0.4 is 0 Å². The van der Waals surface area contributed by atoms with Crippen molar-refractivity contribution in [3.63, 3.8) is 0 Å². The van der Waals surface area contributed by atoms with E-state index in [1.165, 1.54) is 5.56 Å². The summed E-state index contributed by atoms with van der Waals surface area (Å²) in [5.74, 6) is 0.268. The van der Waals surface area contributed by atoms with E-state index in [1.54, 1.807) is 0 Å². The molecule has 2 aromatic rings. The van der Waals surface area contributed by atoms with E-state index in [9.17, 15) is 4.79 Å². The van der Waals surface area contributed by atoms with E-state index in [-0.39, 0.29) is 11.2 Å². The van der Waals surface area contributed by atoms with Gasteiger partial charge in [-0.3, -0.25) is 4.79 Å². The third kappa shape index (κ3) is 2.24. The number of rotatable bonds is 1. The van der Waals surface area contributed by atoms with Crippen molar-refractivity contribution in [2.24, 2.45) is 5.41 Å². The Morgan fingerprint density at radius 3 is 2.65 bits per heavy atom. The van der Waals surface area contributed by atoms with Gasteiger partial charge in [0.25, 0.3) is 0 Å². The smallest absolute Gasteiger partial charge is 0.165 e. The molecule has 3 heteroatoms. The second kappa shape index (κ2) is 4.59. The van der Waals surface area contributed by atoms with E-state index in [0.717, 1.165) is 27.8 Å². The molecule has 3 rings (SSSR count). The molecule has 0 amide bonds. The molecule has 1 aliphatic rings. The third-order valence-corrected chi connectivity index (χ3v) is 4.49. The molecule has 1 aliphatic carbocycles. The van der Waals surface area contributed by atoms with Crippen molar-refractivity contribution in [1.29, 1.82) is 0 Å². The van der Waals surface area contributed by atoms with Gasteiger partial charge in [-0.15, -0.1) is 0 Å². The number of hydrogen-bond acceptors (Lipinski definition) is 1. The van der Waals surface area contributed by atoms with Gasteiger partial charge in [0.1, 0.15) is 0 Å². The zero-order chi connectivity index (χ0) is 14.5. The summed E-state index contributed by atoms with van der Waals surface area (Å²) in [7, 11) is 0. The van der Waals surface area contributed by atoms with Gasteiger partial charge >= 0.3 is 0 Å². The fraction of sp³-hybridized carbons (Fsp3) is 0.353. The van der Waals surface area contributed by atoms with Crippen molar-refractivity contribution >= 4 is 21.7 Å². The number of halogens is 1. The lowest BCUT2D eigenvalue weighted by molar-refractivity contribution is 0.0911. The van der Waals surface area contributed by atoms with E-state index >= 15 is 0 Å². The first kappa shape index (κ1) is 13.6. The largest absolute Gasteiger partial charge is 0.320 e. The first-order valence-electron chi connectivity index (χ1n) is 6.87. The summed E-state index contributed by atoms with van der Waals surface area (Å²) < 4.78 is 3.26. The molecule has 0 N–H and O–H groups in total. The van der Waals surface area contributed by atoms with Crippen LogP contribution in [0.3, 0.4) is 0 Å². The normalized spacial score (nSPS) is 17.1. The molecule has 1 aromatic carbocycles. The minimum absolute atomic E-state index is 0.0451. The van der Waals surface area contributed by atoms with Gasteiger partial charge in [0, 0.05) is 34.0 Å². The Balaban J connectivity index is 2.16. The highest BCUT2D eigenvalue weighted by atomic mass is 79.9. The van der Waals surface area contributed by atoms with Crippen LogP contribution in [0, 0.1) is 12.3 Å². The van der Waals surface area contributed by atoms with Crippen molar-refractivity contribution in [3.8, 4) is 5.69 Å². The van der Waals surface area contributed by atoms with Crippen molar-refractivity contribution in [3.05, 3.63) is 51.8 Å². The average Bonchev–Trinajstić information content (AvgIpc) is 2.71. The minimum Gasteiger partial charge on any atom is -0.320 e. The summed E-state index contributed by atoms with van der Waals surface area (Å²) in [6.45, 7) is 6.43. The maximum Gasteiger partial charge on any atom is 0.165 e. The summed E-state index contributed by atoms with van der Waals surface area (Å²) in [5, 5.41) is 0. The molecule has 104 valence electrons. The quantitative estimate of drug-likeness (QED) is 0.742. The summed E-state index contributed by atoms with van der Waals surface area (Å²) in [6.07, 6.45) is 3.61. The standard InChI is InChI=1S/C17H18BrNO/c1-11-8-12(18)4-5-14(11)19-7-6-13-15(19)9-17(2,3)10-16(13)20/h4-8H,9-10H2,1-3H3. The molecular weight excluding hydrogens is 314 g/mol. The van der Waals surface area contributed by atoms with Crippen molar-refractivity contribution < 1.29 is 4.79 Å². The zero-order valence-corrected chi connectivity index (χ0v) is 13.6. The van der Waals surface area contributed by atoms with Gasteiger partial charge in [0.05, 0.1) is 0 Å². The number of aryl methyl sites for hydroxylation is 1. The molecule has 0 unspecified atom stereocenters. The first-order valence-corrected chi connectivity index (χ1v) is 7.67. The van der Waals surface area contributed by atoms with Crippen LogP contribution in [0.2, 0.25) is 0 Å². The average molecular weight is 332 g/mol. The van der Waals surface area contributed by atoms with Crippen LogP contribution in [0.5, 0.6) is 0 Å². The monoisotopic (exact) mass is 331 g/mol. The van der Waals surface area contributed by atoms with Crippen LogP contribution in [-0.2, 0) is 6.42 Å². The van der Waals surface area contributed by atoms with Gasteiger partial charge in [0.15, 0.2) is 5.78 Å². The van der Waals surface area contributed by atoms with Gasteiger partial charge in [-0.2, -0.15) is 0 Å². The fourth-order valence-electron chi connectivity index (χ4n) is 3.06. The molecule has 20 heavy (non-hydrogen) atoms. The van der Waals surface area contributed by atoms with E-state index < -0.39 is 0 Å². The Bertz CT molecular complexity index is 697. The Morgan fingerprint density at radius 2 is 1.95 bits per heavy atom. The number of ketones is 1. The summed E-state index contributed by atoms with van der Waals surface area (Å²) in [5.41, 5.74) is 4.44. The van der Waals surface area contributed by atoms with Crippen molar-refractivity contribution in [2.75, 3.05) is 0 Å². The molecule has 1 aromatic heterocycles. The lowest BCUT2D eigenvalue weighted by Gasteiger charge is -2.30. The molecule has 0 saturated carbocycles. The number of benzene rings is 1. The summed E-state index contributed by atoms with van der Waals surface area (Å²) in [4.78, 5) is 12.3. The number of aromatic nitrogens is 1. The van der Waals surface area contributed by atoms with Crippen molar-refractivity contribution in [2.45, 2.75) is 33.6 Å². The topological polar surface area (TPSA) is 22.0 Å². The van der Waals surface area contributed by atoms with Crippen LogP contribution in [0.1, 0.15) is 41.9 Å². The molecule has 0 saturated heterocycles. The second-order valence-corrected chi connectivity index (χ2v) is 7.33. The van der Waals surface area contributed by atoms with Crippen LogP contribution in [0.15, 0.2) is 34.9 Å². The Morgan fingerprint density at radius 1 is 1.20 bits per heavy atom. The van der Waals surface area contributed by atoms with Crippen LogP contribution >= 0.6 is 15.9 Å². The predicted molar refractivity (Wildman–Crippen MR) is 84.6 cm³/mol. The van der Waals surface area contributed by atoms with Crippen LogP contribution in [-0.4, -0.2) is 10.4 Å². The highest BCUT2D eigenvalue weighted by Gasteiger charge is 2.33. The van der Waals surface area contributed by atoms with Gasteiger partial charge in [-0.1, -0.05) is 29.8 Å². The van der Waals surface area contributed by atoms with E-state index in [1.807, 2.05) is 18.3 Å². The molecule has 0 aliphatic heterocycles. The third-order valence-electron chi connectivity index (χ3n) is 4.00. The van der Waals surface area contributed by atoms with E-state index in [2.05, 4.69) is 53.4 Å². The zero-order valence-electron chi connectivity index (χ0n) is 12.0. The molecule has 0 radical (unpaired) electrons. The first-order chi connectivity index (χ1) is 9.37. The predicted octanol–water partition coefficient (Wildman–Crippen LogP) is 4.70. The Labute approximate surface area is 127 Å². The number of fused-ring (bicyclic) bond motifs is 1. The summed E-state index contributed by atoms with van der Waals surface area (Å²) >= 11 is 3.50. The van der Waals surface area contributed by atoms with Crippen LogP contribution in [0.25, 0.3) is 5.69 Å². The van der Waals surface area contributed by atoms with E-state index in [4.69, 9.17) is 0 Å². The lowest BCUT2D eigenvalue weighted by Crippen LogP contribution is -2.27. The molecular formula is C17H18BrNO. The number of carbonyl (C=O) groups excluding carboxylic acids is 1. The van der Waals surface area contributed by atoms with Gasteiger partial charge < -0.3 is 4.57 Å². The highest BCUT2D eigenvalue weighted by molar-refractivity contribution is 9.10. The Kier molecular flexibility index (Phi) is 3.13. The SMILES string of the molecule is Cc1cc(Br)ccc1-n1ccc2c1CC(C)(C)CC2=O. The summed E-state index contributed by atoms with van der Waals surface area (Å²) in [6, 6.07) is 8.22. The number of hydrogen-bond donors (Lipinski definition) is 0. The maximum absolute atomic E-state index is 12.3. The maximum atomic E-state index is 12.3. The number of carbonyl (C=O) groups is 1. The number of Topliss-reactive ketones (excluding diaryl/α,β-unsaturated/α-hetero) is 1. The molecule has 0 bridgehead atoms. The molecule has 0 spiro atoms. The molecule has 1 heterocycles. The molecule has 2 nitrogen and oxygen atoms in total.